The summed E-state index contributed by atoms with van der Waals surface area (Å²) in [5.41, 5.74) is 3.23. The van der Waals surface area contributed by atoms with Crippen molar-refractivity contribution in [3.63, 3.8) is 0 Å². The van der Waals surface area contributed by atoms with Crippen LogP contribution in [0.15, 0.2) is 28.9 Å². The molecule has 1 atom stereocenters. The maximum atomic E-state index is 11.9. The van der Waals surface area contributed by atoms with Gasteiger partial charge in [0.25, 0.3) is 0 Å². The molecule has 1 aliphatic carbocycles. The second kappa shape index (κ2) is 4.16. The smallest absolute Gasteiger partial charge is 0.164 e. The number of furan rings is 1. The van der Waals surface area contributed by atoms with E-state index in [0.29, 0.717) is 6.42 Å². The molecule has 0 radical (unpaired) electrons. The van der Waals surface area contributed by atoms with Crippen LogP contribution >= 0.6 is 0 Å². The summed E-state index contributed by atoms with van der Waals surface area (Å²) in [6.45, 7) is 4.18. The van der Waals surface area contributed by atoms with Gasteiger partial charge in [-0.3, -0.25) is 4.79 Å². The van der Waals surface area contributed by atoms with Crippen molar-refractivity contribution in [3.05, 3.63) is 47.2 Å². The van der Waals surface area contributed by atoms with Gasteiger partial charge in [-0.2, -0.15) is 0 Å². The van der Waals surface area contributed by atoms with Crippen LogP contribution in [-0.2, 0) is 6.42 Å². The molecule has 2 aromatic heterocycles. The molecule has 0 amide bonds. The third-order valence-corrected chi connectivity index (χ3v) is 3.79. The zero-order chi connectivity index (χ0) is 12.7. The molecule has 0 saturated carbocycles. The van der Waals surface area contributed by atoms with Gasteiger partial charge < -0.3 is 8.98 Å². The predicted octanol–water partition coefficient (Wildman–Crippen LogP) is 3.52. The van der Waals surface area contributed by atoms with Crippen LogP contribution in [0, 0.1) is 6.92 Å². The normalized spacial score (nSPS) is 16.7. The van der Waals surface area contributed by atoms with Crippen LogP contribution in [0.4, 0.5) is 0 Å². The minimum Gasteiger partial charge on any atom is -0.467 e. The fourth-order valence-corrected chi connectivity index (χ4v) is 2.95. The molecule has 18 heavy (non-hydrogen) atoms. The monoisotopic (exact) mass is 243 g/mol. The van der Waals surface area contributed by atoms with Crippen LogP contribution in [0.5, 0.6) is 0 Å². The van der Waals surface area contributed by atoms with E-state index in [-0.39, 0.29) is 11.8 Å². The van der Waals surface area contributed by atoms with Gasteiger partial charge in [-0.05, 0) is 44.9 Å². The lowest BCUT2D eigenvalue weighted by atomic mass is 9.96. The zero-order valence-corrected chi connectivity index (χ0v) is 10.8. The Labute approximate surface area is 106 Å². The van der Waals surface area contributed by atoms with Crippen molar-refractivity contribution < 1.29 is 9.21 Å². The fourth-order valence-electron chi connectivity index (χ4n) is 2.95. The number of aromatic nitrogens is 1. The SMILES string of the molecule is Cc1cc2c(n1C(C)c1ccco1)CCCC2=O. The van der Waals surface area contributed by atoms with E-state index in [0.717, 1.165) is 29.9 Å². The van der Waals surface area contributed by atoms with Crippen LogP contribution in [0.2, 0.25) is 0 Å². The summed E-state index contributed by atoms with van der Waals surface area (Å²) in [6, 6.07) is 6.06. The van der Waals surface area contributed by atoms with Crippen molar-refractivity contribution in [2.24, 2.45) is 0 Å². The Kier molecular flexibility index (Phi) is 2.62. The molecular weight excluding hydrogens is 226 g/mol. The van der Waals surface area contributed by atoms with Crippen molar-refractivity contribution >= 4 is 5.78 Å². The quantitative estimate of drug-likeness (QED) is 0.809. The molecule has 0 spiro atoms. The lowest BCUT2D eigenvalue weighted by molar-refractivity contribution is 0.0971. The number of rotatable bonds is 2. The largest absolute Gasteiger partial charge is 0.467 e. The third-order valence-electron chi connectivity index (χ3n) is 3.79. The van der Waals surface area contributed by atoms with E-state index in [2.05, 4.69) is 18.4 Å². The number of carbonyl (C=O) groups excluding carboxylic acids is 1. The summed E-state index contributed by atoms with van der Waals surface area (Å²) in [4.78, 5) is 11.9. The molecule has 2 heterocycles. The number of Topliss-reactive ketones (excluding diaryl/α,β-unsaturated/α-hetero) is 1. The van der Waals surface area contributed by atoms with E-state index in [4.69, 9.17) is 4.42 Å². The Morgan fingerprint density at radius 2 is 2.22 bits per heavy atom. The highest BCUT2D eigenvalue weighted by molar-refractivity contribution is 5.98. The molecule has 94 valence electrons. The first-order valence-corrected chi connectivity index (χ1v) is 6.46. The minimum absolute atomic E-state index is 0.148. The molecule has 0 N–H and O–H groups in total. The van der Waals surface area contributed by atoms with E-state index in [1.165, 1.54) is 5.69 Å². The summed E-state index contributed by atoms with van der Waals surface area (Å²) < 4.78 is 7.73. The maximum absolute atomic E-state index is 11.9. The van der Waals surface area contributed by atoms with Crippen molar-refractivity contribution in [2.45, 2.75) is 39.2 Å². The molecule has 3 heteroatoms. The first-order valence-electron chi connectivity index (χ1n) is 6.46. The number of nitrogens with zero attached hydrogens (tertiary/aromatic N) is 1. The number of aryl methyl sites for hydroxylation is 1. The average Bonchev–Trinajstić information content (AvgIpc) is 2.96. The van der Waals surface area contributed by atoms with E-state index >= 15 is 0 Å². The fraction of sp³-hybridized carbons (Fsp3) is 0.400. The Hall–Kier alpha value is -1.77. The van der Waals surface area contributed by atoms with Crippen molar-refractivity contribution in [1.29, 1.82) is 0 Å². The highest BCUT2D eigenvalue weighted by Crippen LogP contribution is 2.30. The summed E-state index contributed by atoms with van der Waals surface area (Å²) >= 11 is 0. The highest BCUT2D eigenvalue weighted by Gasteiger charge is 2.25. The molecule has 1 unspecified atom stereocenters. The van der Waals surface area contributed by atoms with Crippen LogP contribution in [-0.4, -0.2) is 10.4 Å². The molecule has 3 rings (SSSR count). The van der Waals surface area contributed by atoms with Gasteiger partial charge in [0.15, 0.2) is 5.78 Å². The van der Waals surface area contributed by atoms with Gasteiger partial charge in [0.05, 0.1) is 12.3 Å². The molecule has 0 aromatic carbocycles. The van der Waals surface area contributed by atoms with Gasteiger partial charge >= 0.3 is 0 Å². The van der Waals surface area contributed by atoms with Gasteiger partial charge in [-0.1, -0.05) is 0 Å². The zero-order valence-electron chi connectivity index (χ0n) is 10.8. The Balaban J connectivity index is 2.10. The molecule has 0 bridgehead atoms. The molecule has 1 aliphatic rings. The standard InChI is InChI=1S/C15H17NO2/c1-10-9-12-13(5-3-6-14(12)17)16(10)11(2)15-7-4-8-18-15/h4,7-9,11H,3,5-6H2,1-2H3. The molecule has 0 aliphatic heterocycles. The molecular formula is C15H17NO2. The van der Waals surface area contributed by atoms with Crippen molar-refractivity contribution in [3.8, 4) is 0 Å². The summed E-state index contributed by atoms with van der Waals surface area (Å²) in [5.74, 6) is 1.22. The van der Waals surface area contributed by atoms with Crippen LogP contribution in [0.3, 0.4) is 0 Å². The first-order chi connectivity index (χ1) is 8.68. The van der Waals surface area contributed by atoms with E-state index in [9.17, 15) is 4.79 Å². The number of hydrogen-bond donors (Lipinski definition) is 0. The lowest BCUT2D eigenvalue weighted by Gasteiger charge is -2.20. The second-order valence-electron chi connectivity index (χ2n) is 4.98. The maximum Gasteiger partial charge on any atom is 0.164 e. The summed E-state index contributed by atoms with van der Waals surface area (Å²) in [5, 5.41) is 0. The van der Waals surface area contributed by atoms with Crippen LogP contribution < -0.4 is 0 Å². The average molecular weight is 243 g/mol. The number of carbonyl (C=O) groups is 1. The molecule has 3 nitrogen and oxygen atoms in total. The topological polar surface area (TPSA) is 35.1 Å². The predicted molar refractivity (Wildman–Crippen MR) is 69.0 cm³/mol. The van der Waals surface area contributed by atoms with Gasteiger partial charge in [-0.15, -0.1) is 0 Å². The van der Waals surface area contributed by atoms with Gasteiger partial charge in [0.1, 0.15) is 5.76 Å². The molecule has 2 aromatic rings. The van der Waals surface area contributed by atoms with Gasteiger partial charge in [0, 0.05) is 23.4 Å². The highest BCUT2D eigenvalue weighted by atomic mass is 16.3. The second-order valence-corrected chi connectivity index (χ2v) is 4.98. The Morgan fingerprint density at radius 1 is 1.39 bits per heavy atom. The van der Waals surface area contributed by atoms with Gasteiger partial charge in [0.2, 0.25) is 0 Å². The lowest BCUT2D eigenvalue weighted by Crippen LogP contribution is -2.16. The number of fused-ring (bicyclic) bond motifs is 1. The van der Waals surface area contributed by atoms with Crippen molar-refractivity contribution in [1.82, 2.24) is 4.57 Å². The van der Waals surface area contributed by atoms with Crippen molar-refractivity contribution in [2.75, 3.05) is 0 Å². The Morgan fingerprint density at radius 3 is 2.94 bits per heavy atom. The van der Waals surface area contributed by atoms with E-state index in [1.54, 1.807) is 6.26 Å². The minimum atomic E-state index is 0.148. The van der Waals surface area contributed by atoms with E-state index < -0.39 is 0 Å². The number of hydrogen-bond acceptors (Lipinski definition) is 2. The molecule has 0 fully saturated rings. The first kappa shape index (κ1) is 11.3. The third kappa shape index (κ3) is 1.62. The van der Waals surface area contributed by atoms with Crippen LogP contribution in [0.1, 0.15) is 53.3 Å². The summed E-state index contributed by atoms with van der Waals surface area (Å²) in [6.07, 6.45) is 4.33. The summed E-state index contributed by atoms with van der Waals surface area (Å²) in [7, 11) is 0. The van der Waals surface area contributed by atoms with E-state index in [1.807, 2.05) is 18.2 Å². The number of ketones is 1. The van der Waals surface area contributed by atoms with Gasteiger partial charge in [-0.25, -0.2) is 0 Å². The Bertz CT molecular complexity index is 578. The van der Waals surface area contributed by atoms with Crippen LogP contribution in [0.25, 0.3) is 0 Å². The molecule has 0 saturated heterocycles.